The Labute approximate surface area is 104 Å². The van der Waals surface area contributed by atoms with Crippen LogP contribution in [0, 0.1) is 18.6 Å². The molecule has 0 unspecified atom stereocenters. The van der Waals surface area contributed by atoms with Crippen LogP contribution >= 0.6 is 0 Å². The fourth-order valence-electron chi connectivity index (χ4n) is 1.51. The first-order valence-electron chi connectivity index (χ1n) is 5.14. The summed E-state index contributed by atoms with van der Waals surface area (Å²) in [6, 6.07) is 1.13. The lowest BCUT2D eigenvalue weighted by molar-refractivity contribution is -0.142. The van der Waals surface area contributed by atoms with E-state index in [4.69, 9.17) is 0 Å². The number of halogens is 5. The summed E-state index contributed by atoms with van der Waals surface area (Å²) in [5.41, 5.74) is -1.34. The predicted octanol–water partition coefficient (Wildman–Crippen LogP) is 3.75. The van der Waals surface area contributed by atoms with Crippen LogP contribution in [0.2, 0.25) is 0 Å². The minimum absolute atomic E-state index is 0.0443. The van der Waals surface area contributed by atoms with Gasteiger partial charge in [0.2, 0.25) is 0 Å². The molecule has 0 spiro atoms. The molecule has 0 saturated heterocycles. The van der Waals surface area contributed by atoms with E-state index in [1.54, 1.807) is 6.92 Å². The molecule has 0 fully saturated rings. The van der Waals surface area contributed by atoms with Crippen LogP contribution in [0.15, 0.2) is 24.5 Å². The Bertz CT molecular complexity index is 582. The molecule has 2 rings (SSSR count). The van der Waals surface area contributed by atoms with Crippen LogP contribution in [-0.4, -0.2) is 9.97 Å². The number of aromatic nitrogens is 2. The average Bonchev–Trinajstić information content (AvgIpc) is 2.26. The summed E-state index contributed by atoms with van der Waals surface area (Å²) in [5.74, 6) is -3.42. The number of hydrogen-bond donors (Lipinski definition) is 0. The topological polar surface area (TPSA) is 25.8 Å². The molecule has 0 bridgehead atoms. The molecule has 0 aliphatic heterocycles. The largest absolute Gasteiger partial charge is 0.422 e. The standard InChI is InChI=1S/C12H7F5N2/c1-6-4-18-11(19-5-6)7-2-8(13)10(9(14)3-7)12(15,16)17/h2-5H,1H3. The quantitative estimate of drug-likeness (QED) is 0.740. The molecule has 1 aromatic carbocycles. The van der Waals surface area contributed by atoms with Gasteiger partial charge in [-0.05, 0) is 24.6 Å². The number of hydrogen-bond acceptors (Lipinski definition) is 2. The van der Waals surface area contributed by atoms with Crippen molar-refractivity contribution in [2.45, 2.75) is 13.1 Å². The number of benzene rings is 1. The van der Waals surface area contributed by atoms with Gasteiger partial charge in [-0.1, -0.05) is 0 Å². The Morgan fingerprint density at radius 3 is 1.84 bits per heavy atom. The molecule has 0 aliphatic rings. The van der Waals surface area contributed by atoms with E-state index in [0.717, 1.165) is 5.56 Å². The monoisotopic (exact) mass is 274 g/mol. The number of rotatable bonds is 1. The van der Waals surface area contributed by atoms with Crippen molar-refractivity contribution in [1.29, 1.82) is 0 Å². The van der Waals surface area contributed by atoms with Crippen LogP contribution in [0.3, 0.4) is 0 Å². The van der Waals surface area contributed by atoms with Crippen molar-refractivity contribution < 1.29 is 22.0 Å². The van der Waals surface area contributed by atoms with Gasteiger partial charge in [-0.2, -0.15) is 13.2 Å². The van der Waals surface area contributed by atoms with Crippen LogP contribution in [0.1, 0.15) is 11.1 Å². The van der Waals surface area contributed by atoms with Gasteiger partial charge in [0.05, 0.1) is 0 Å². The van der Waals surface area contributed by atoms with Crippen LogP contribution in [-0.2, 0) is 6.18 Å². The molecular weight excluding hydrogens is 267 g/mol. The fourth-order valence-corrected chi connectivity index (χ4v) is 1.51. The first-order chi connectivity index (χ1) is 8.79. The molecule has 100 valence electrons. The van der Waals surface area contributed by atoms with Crippen LogP contribution < -0.4 is 0 Å². The molecule has 0 amide bonds. The van der Waals surface area contributed by atoms with Crippen molar-refractivity contribution in [3.8, 4) is 11.4 Å². The Kier molecular flexibility index (Phi) is 3.21. The summed E-state index contributed by atoms with van der Waals surface area (Å²) >= 11 is 0. The minimum Gasteiger partial charge on any atom is -0.236 e. The van der Waals surface area contributed by atoms with E-state index in [2.05, 4.69) is 9.97 Å². The highest BCUT2D eigenvalue weighted by Crippen LogP contribution is 2.35. The summed E-state index contributed by atoms with van der Waals surface area (Å²) < 4.78 is 63.9. The van der Waals surface area contributed by atoms with Crippen LogP contribution in [0.4, 0.5) is 22.0 Å². The highest BCUT2D eigenvalue weighted by Gasteiger charge is 2.38. The summed E-state index contributed by atoms with van der Waals surface area (Å²) in [7, 11) is 0. The highest BCUT2D eigenvalue weighted by molar-refractivity contribution is 5.56. The Morgan fingerprint density at radius 2 is 1.42 bits per heavy atom. The van der Waals surface area contributed by atoms with Gasteiger partial charge in [0.25, 0.3) is 0 Å². The lowest BCUT2D eigenvalue weighted by Gasteiger charge is -2.10. The molecule has 2 nitrogen and oxygen atoms in total. The third-order valence-corrected chi connectivity index (χ3v) is 2.36. The molecule has 1 aromatic heterocycles. The molecule has 2 aromatic rings. The molecule has 0 atom stereocenters. The minimum atomic E-state index is -5.08. The first kappa shape index (κ1) is 13.4. The van der Waals surface area contributed by atoms with Crippen molar-refractivity contribution in [2.24, 2.45) is 0 Å². The molecule has 0 saturated carbocycles. The summed E-state index contributed by atoms with van der Waals surface area (Å²) in [5, 5.41) is 0. The molecule has 1 heterocycles. The zero-order valence-corrected chi connectivity index (χ0v) is 9.59. The molecule has 19 heavy (non-hydrogen) atoms. The van der Waals surface area contributed by atoms with E-state index >= 15 is 0 Å². The van der Waals surface area contributed by atoms with E-state index in [1.807, 2.05) is 0 Å². The zero-order valence-electron chi connectivity index (χ0n) is 9.59. The van der Waals surface area contributed by atoms with Crippen molar-refractivity contribution in [3.63, 3.8) is 0 Å². The van der Waals surface area contributed by atoms with Gasteiger partial charge in [-0.25, -0.2) is 18.7 Å². The van der Waals surface area contributed by atoms with E-state index in [-0.39, 0.29) is 11.4 Å². The number of aryl methyl sites for hydroxylation is 1. The smallest absolute Gasteiger partial charge is 0.236 e. The average molecular weight is 274 g/mol. The SMILES string of the molecule is Cc1cnc(-c2cc(F)c(C(F)(F)F)c(F)c2)nc1. The highest BCUT2D eigenvalue weighted by atomic mass is 19.4. The van der Waals surface area contributed by atoms with Crippen LogP contribution in [0.5, 0.6) is 0 Å². The van der Waals surface area contributed by atoms with Gasteiger partial charge < -0.3 is 0 Å². The Morgan fingerprint density at radius 1 is 0.947 bits per heavy atom. The first-order valence-corrected chi connectivity index (χ1v) is 5.14. The fraction of sp³-hybridized carbons (Fsp3) is 0.167. The second-order valence-corrected chi connectivity index (χ2v) is 3.90. The normalized spacial score (nSPS) is 11.7. The third kappa shape index (κ3) is 2.69. The van der Waals surface area contributed by atoms with Crippen LogP contribution in [0.25, 0.3) is 11.4 Å². The van der Waals surface area contributed by atoms with Gasteiger partial charge in [0.1, 0.15) is 17.2 Å². The second-order valence-electron chi connectivity index (χ2n) is 3.90. The lowest BCUT2D eigenvalue weighted by Crippen LogP contribution is -2.11. The molecule has 0 aliphatic carbocycles. The maximum atomic E-state index is 13.4. The maximum absolute atomic E-state index is 13.4. The van der Waals surface area contributed by atoms with Gasteiger partial charge in [0, 0.05) is 18.0 Å². The van der Waals surface area contributed by atoms with Crippen molar-refractivity contribution in [3.05, 3.63) is 47.3 Å². The predicted molar refractivity (Wildman–Crippen MR) is 57.1 cm³/mol. The van der Waals surface area contributed by atoms with E-state index < -0.39 is 23.4 Å². The Hall–Kier alpha value is -2.05. The Balaban J connectivity index is 2.54. The van der Waals surface area contributed by atoms with Gasteiger partial charge in [-0.15, -0.1) is 0 Å². The van der Waals surface area contributed by atoms with Crippen molar-refractivity contribution >= 4 is 0 Å². The summed E-state index contributed by atoms with van der Waals surface area (Å²) in [6.07, 6.45) is -2.29. The van der Waals surface area contributed by atoms with Gasteiger partial charge in [0.15, 0.2) is 5.82 Å². The van der Waals surface area contributed by atoms with Gasteiger partial charge >= 0.3 is 6.18 Å². The zero-order chi connectivity index (χ0) is 14.2. The van der Waals surface area contributed by atoms with E-state index in [1.165, 1.54) is 12.4 Å². The van der Waals surface area contributed by atoms with E-state index in [9.17, 15) is 22.0 Å². The summed E-state index contributed by atoms with van der Waals surface area (Å²) in [6.45, 7) is 1.71. The molecule has 7 heteroatoms. The summed E-state index contributed by atoms with van der Waals surface area (Å²) in [4.78, 5) is 7.59. The third-order valence-electron chi connectivity index (χ3n) is 2.36. The maximum Gasteiger partial charge on any atom is 0.422 e. The molecular formula is C12H7F5N2. The number of nitrogens with zero attached hydrogens (tertiary/aromatic N) is 2. The van der Waals surface area contributed by atoms with Gasteiger partial charge in [-0.3, -0.25) is 0 Å². The lowest BCUT2D eigenvalue weighted by atomic mass is 10.1. The number of alkyl halides is 3. The molecule has 0 radical (unpaired) electrons. The van der Waals surface area contributed by atoms with Crippen molar-refractivity contribution in [1.82, 2.24) is 9.97 Å². The van der Waals surface area contributed by atoms with E-state index in [0.29, 0.717) is 12.1 Å². The molecule has 0 N–H and O–H groups in total. The second kappa shape index (κ2) is 4.56. The van der Waals surface area contributed by atoms with Crippen molar-refractivity contribution in [2.75, 3.05) is 0 Å².